The molecular formula is C18H18O4. The Hall–Kier alpha value is -2.49. The van der Waals surface area contributed by atoms with Gasteiger partial charge in [0.05, 0.1) is 5.56 Å². The molecule has 3 rings (SSSR count). The van der Waals surface area contributed by atoms with Gasteiger partial charge in [0, 0.05) is 0 Å². The smallest absolute Gasteiger partial charge is 0.345 e. The molecule has 1 aliphatic rings. The molecule has 0 spiro atoms. The van der Waals surface area contributed by atoms with E-state index in [9.17, 15) is 9.90 Å². The summed E-state index contributed by atoms with van der Waals surface area (Å²) < 4.78 is 10.6. The zero-order chi connectivity index (χ0) is 15.7. The minimum atomic E-state index is -0.390. The third kappa shape index (κ3) is 2.41. The second-order valence-electron chi connectivity index (χ2n) is 5.45. The third-order valence-electron chi connectivity index (χ3n) is 3.77. The minimum Gasteiger partial charge on any atom is -0.507 e. The second kappa shape index (κ2) is 5.72. The van der Waals surface area contributed by atoms with Crippen molar-refractivity contribution in [2.24, 2.45) is 0 Å². The highest BCUT2D eigenvalue weighted by molar-refractivity contribution is 5.99. The molecule has 2 aromatic rings. The van der Waals surface area contributed by atoms with E-state index in [1.54, 1.807) is 6.07 Å². The van der Waals surface area contributed by atoms with Crippen LogP contribution in [0.25, 0.3) is 11.1 Å². The molecule has 0 radical (unpaired) electrons. The number of phenolic OH excluding ortho intramolecular Hbond substituents is 1. The first kappa shape index (κ1) is 14.4. The van der Waals surface area contributed by atoms with E-state index in [2.05, 4.69) is 0 Å². The first-order valence-corrected chi connectivity index (χ1v) is 7.37. The van der Waals surface area contributed by atoms with E-state index in [1.165, 1.54) is 0 Å². The van der Waals surface area contributed by atoms with Crippen molar-refractivity contribution in [1.82, 2.24) is 0 Å². The molecule has 0 bridgehead atoms. The zero-order valence-corrected chi connectivity index (χ0v) is 12.7. The van der Waals surface area contributed by atoms with Crippen LogP contribution in [0.4, 0.5) is 0 Å². The summed E-state index contributed by atoms with van der Waals surface area (Å²) in [6.07, 6.45) is 1.55. The predicted molar refractivity (Wildman–Crippen MR) is 83.2 cm³/mol. The van der Waals surface area contributed by atoms with E-state index in [1.807, 2.05) is 38.1 Å². The Kier molecular flexibility index (Phi) is 3.75. The Labute approximate surface area is 129 Å². The van der Waals surface area contributed by atoms with Gasteiger partial charge < -0.3 is 14.6 Å². The van der Waals surface area contributed by atoms with Gasteiger partial charge in [0.1, 0.15) is 17.1 Å². The lowest BCUT2D eigenvalue weighted by molar-refractivity contribution is 0.00487. The van der Waals surface area contributed by atoms with Gasteiger partial charge in [0.25, 0.3) is 0 Å². The van der Waals surface area contributed by atoms with Crippen molar-refractivity contribution in [3.05, 3.63) is 47.0 Å². The van der Waals surface area contributed by atoms with E-state index < -0.39 is 5.97 Å². The number of ether oxygens (including phenoxy) is 2. The van der Waals surface area contributed by atoms with Crippen LogP contribution in [-0.4, -0.2) is 17.9 Å². The van der Waals surface area contributed by atoms with Gasteiger partial charge in [-0.25, -0.2) is 4.79 Å². The van der Waals surface area contributed by atoms with Crippen LogP contribution >= 0.6 is 0 Å². The summed E-state index contributed by atoms with van der Waals surface area (Å²) in [6, 6.07) is 9.39. The molecule has 1 aliphatic heterocycles. The minimum absolute atomic E-state index is 0.125. The predicted octanol–water partition coefficient (Wildman–Crippen LogP) is 3.83. The van der Waals surface area contributed by atoms with Gasteiger partial charge in [-0.1, -0.05) is 43.2 Å². The maximum absolute atomic E-state index is 12.2. The van der Waals surface area contributed by atoms with Gasteiger partial charge in [0.15, 0.2) is 0 Å². The molecule has 0 fully saturated rings. The van der Waals surface area contributed by atoms with Crippen LogP contribution in [-0.2, 0) is 11.2 Å². The molecule has 0 amide bonds. The van der Waals surface area contributed by atoms with Crippen molar-refractivity contribution in [3.8, 4) is 22.6 Å². The number of esters is 1. The van der Waals surface area contributed by atoms with Crippen LogP contribution in [0.15, 0.2) is 30.3 Å². The molecule has 0 aliphatic carbocycles. The summed E-state index contributed by atoms with van der Waals surface area (Å²) in [7, 11) is 0. The molecule has 0 saturated heterocycles. The fourth-order valence-electron chi connectivity index (χ4n) is 2.82. The van der Waals surface area contributed by atoms with Gasteiger partial charge in [-0.05, 0) is 30.5 Å². The number of phenols is 1. The van der Waals surface area contributed by atoms with Gasteiger partial charge in [-0.15, -0.1) is 0 Å². The molecule has 0 aromatic heterocycles. The van der Waals surface area contributed by atoms with E-state index in [0.29, 0.717) is 23.3 Å². The molecule has 22 heavy (non-hydrogen) atoms. The molecule has 0 unspecified atom stereocenters. The Morgan fingerprint density at radius 1 is 1.18 bits per heavy atom. The number of benzene rings is 2. The SMILES string of the molecule is CCCc1cc(O)c(-c2cccc(C)c2)c2c1C(=O)OCO2. The zero-order valence-electron chi connectivity index (χ0n) is 12.7. The van der Waals surface area contributed by atoms with E-state index in [4.69, 9.17) is 9.47 Å². The number of rotatable bonds is 3. The van der Waals surface area contributed by atoms with Crippen molar-refractivity contribution in [2.75, 3.05) is 6.79 Å². The fourth-order valence-corrected chi connectivity index (χ4v) is 2.82. The maximum atomic E-state index is 12.2. The number of carbonyl (C=O) groups is 1. The maximum Gasteiger partial charge on any atom is 0.345 e. The van der Waals surface area contributed by atoms with Crippen LogP contribution in [0.5, 0.6) is 11.5 Å². The summed E-state index contributed by atoms with van der Waals surface area (Å²) in [5.41, 5.74) is 3.64. The summed E-state index contributed by atoms with van der Waals surface area (Å²) in [4.78, 5) is 12.2. The van der Waals surface area contributed by atoms with Crippen molar-refractivity contribution >= 4 is 5.97 Å². The lowest BCUT2D eigenvalue weighted by atomic mass is 9.93. The van der Waals surface area contributed by atoms with Crippen molar-refractivity contribution < 1.29 is 19.4 Å². The average molecular weight is 298 g/mol. The van der Waals surface area contributed by atoms with Crippen molar-refractivity contribution in [2.45, 2.75) is 26.7 Å². The quantitative estimate of drug-likeness (QED) is 0.875. The van der Waals surface area contributed by atoms with Crippen LogP contribution in [0.1, 0.15) is 34.8 Å². The summed E-state index contributed by atoms with van der Waals surface area (Å²) in [5, 5.41) is 10.5. The highest BCUT2D eigenvalue weighted by Gasteiger charge is 2.29. The standard InChI is InChI=1S/C18H18O4/c1-3-5-12-9-14(19)15(13-7-4-6-11(2)8-13)17-16(12)18(20)22-10-21-17/h4,6-9,19H,3,5,10H2,1-2H3. The van der Waals surface area contributed by atoms with Crippen LogP contribution in [0.2, 0.25) is 0 Å². The lowest BCUT2D eigenvalue weighted by Gasteiger charge is -2.23. The Morgan fingerprint density at radius 3 is 2.73 bits per heavy atom. The largest absolute Gasteiger partial charge is 0.507 e. The number of fused-ring (bicyclic) bond motifs is 1. The summed E-state index contributed by atoms with van der Waals surface area (Å²) in [5.74, 6) is 0.159. The molecule has 4 nitrogen and oxygen atoms in total. The van der Waals surface area contributed by atoms with Crippen molar-refractivity contribution in [1.29, 1.82) is 0 Å². The summed E-state index contributed by atoms with van der Waals surface area (Å²) >= 11 is 0. The molecule has 114 valence electrons. The number of hydrogen-bond acceptors (Lipinski definition) is 4. The number of carbonyl (C=O) groups excluding carboxylic acids is 1. The highest BCUT2D eigenvalue weighted by Crippen LogP contribution is 2.44. The second-order valence-corrected chi connectivity index (χ2v) is 5.45. The first-order chi connectivity index (χ1) is 10.6. The van der Waals surface area contributed by atoms with Gasteiger partial charge in [-0.3, -0.25) is 0 Å². The lowest BCUT2D eigenvalue weighted by Crippen LogP contribution is -2.21. The topological polar surface area (TPSA) is 55.8 Å². The molecule has 1 N–H and O–H groups in total. The Balaban J connectivity index is 2.27. The van der Waals surface area contributed by atoms with Crippen LogP contribution in [0, 0.1) is 6.92 Å². The molecule has 4 heteroatoms. The third-order valence-corrected chi connectivity index (χ3v) is 3.77. The van der Waals surface area contributed by atoms with Crippen LogP contribution < -0.4 is 4.74 Å². The van der Waals surface area contributed by atoms with Crippen molar-refractivity contribution in [3.63, 3.8) is 0 Å². The van der Waals surface area contributed by atoms with Gasteiger partial charge in [-0.2, -0.15) is 0 Å². The Bertz CT molecular complexity index is 734. The van der Waals surface area contributed by atoms with E-state index in [0.717, 1.165) is 23.1 Å². The number of aromatic hydroxyl groups is 1. The molecule has 0 saturated carbocycles. The van der Waals surface area contributed by atoms with Crippen LogP contribution in [0.3, 0.4) is 0 Å². The number of aryl methyl sites for hydroxylation is 2. The average Bonchev–Trinajstić information content (AvgIpc) is 2.47. The molecule has 2 aromatic carbocycles. The molecule has 1 heterocycles. The highest BCUT2D eigenvalue weighted by atomic mass is 16.7. The molecule has 0 atom stereocenters. The fraction of sp³-hybridized carbons (Fsp3) is 0.278. The molecular weight excluding hydrogens is 280 g/mol. The Morgan fingerprint density at radius 2 is 2.00 bits per heavy atom. The van der Waals surface area contributed by atoms with Gasteiger partial charge >= 0.3 is 5.97 Å². The number of hydrogen-bond donors (Lipinski definition) is 1. The normalized spacial score (nSPS) is 13.3. The first-order valence-electron chi connectivity index (χ1n) is 7.37. The number of cyclic esters (lactones) is 1. The van der Waals surface area contributed by atoms with E-state index in [-0.39, 0.29) is 12.5 Å². The summed E-state index contributed by atoms with van der Waals surface area (Å²) in [6.45, 7) is 3.88. The monoisotopic (exact) mass is 298 g/mol. The van der Waals surface area contributed by atoms with Gasteiger partial charge in [0.2, 0.25) is 6.79 Å². The van der Waals surface area contributed by atoms with E-state index >= 15 is 0 Å².